The zero-order valence-electron chi connectivity index (χ0n) is 11.8. The fourth-order valence-electron chi connectivity index (χ4n) is 2.45. The average Bonchev–Trinajstić information content (AvgIpc) is 2.82. The van der Waals surface area contributed by atoms with E-state index in [1.165, 1.54) is 31.5 Å². The lowest BCUT2D eigenvalue weighted by molar-refractivity contribution is 0.265. The molecular weight excluding hydrogens is 206 g/mol. The van der Waals surface area contributed by atoms with Gasteiger partial charge in [-0.05, 0) is 44.7 Å². The summed E-state index contributed by atoms with van der Waals surface area (Å²) in [6.45, 7) is 11.2. The van der Waals surface area contributed by atoms with E-state index in [4.69, 9.17) is 0 Å². The SMILES string of the molecule is CC.CC(C)N1CCC(Cc2ccccc2)C1. The fraction of sp³-hybridized carbons (Fsp3) is 0.625. The van der Waals surface area contributed by atoms with Crippen LogP contribution in [0.15, 0.2) is 30.3 Å². The van der Waals surface area contributed by atoms with Crippen molar-refractivity contribution in [2.75, 3.05) is 13.1 Å². The van der Waals surface area contributed by atoms with Crippen molar-refractivity contribution in [1.82, 2.24) is 4.90 Å². The molecule has 1 aromatic carbocycles. The maximum absolute atomic E-state index is 2.59. The first-order valence-electron chi connectivity index (χ1n) is 7.03. The molecule has 0 bridgehead atoms. The van der Waals surface area contributed by atoms with Crippen LogP contribution in [-0.2, 0) is 6.42 Å². The highest BCUT2D eigenvalue weighted by Crippen LogP contribution is 2.22. The highest BCUT2D eigenvalue weighted by Gasteiger charge is 2.23. The first kappa shape index (κ1) is 14.2. The third-order valence-corrected chi connectivity index (χ3v) is 3.41. The second-order valence-electron chi connectivity index (χ2n) is 4.93. The van der Waals surface area contributed by atoms with E-state index in [1.807, 2.05) is 13.8 Å². The Balaban J connectivity index is 0.000000686. The molecule has 0 aliphatic carbocycles. The smallest absolute Gasteiger partial charge is 0.00387 e. The lowest BCUT2D eigenvalue weighted by Crippen LogP contribution is -2.28. The van der Waals surface area contributed by atoms with Crippen LogP contribution in [0.5, 0.6) is 0 Å². The number of rotatable bonds is 3. The molecule has 1 nitrogen and oxygen atoms in total. The van der Waals surface area contributed by atoms with Gasteiger partial charge in [-0.2, -0.15) is 0 Å². The molecule has 1 heteroatoms. The van der Waals surface area contributed by atoms with E-state index in [2.05, 4.69) is 49.1 Å². The molecule has 1 fully saturated rings. The van der Waals surface area contributed by atoms with Gasteiger partial charge in [0, 0.05) is 12.6 Å². The van der Waals surface area contributed by atoms with Gasteiger partial charge in [-0.25, -0.2) is 0 Å². The quantitative estimate of drug-likeness (QED) is 0.763. The lowest BCUT2D eigenvalue weighted by atomic mass is 9.99. The van der Waals surface area contributed by atoms with Crippen LogP contribution in [0.1, 0.15) is 39.7 Å². The minimum absolute atomic E-state index is 0.714. The Morgan fingerprint density at radius 3 is 2.35 bits per heavy atom. The molecule has 2 rings (SSSR count). The van der Waals surface area contributed by atoms with Crippen molar-refractivity contribution in [2.45, 2.75) is 46.6 Å². The Morgan fingerprint density at radius 1 is 1.18 bits per heavy atom. The molecule has 0 saturated carbocycles. The van der Waals surface area contributed by atoms with Gasteiger partial charge in [0.25, 0.3) is 0 Å². The predicted molar refractivity (Wildman–Crippen MR) is 76.3 cm³/mol. The maximum atomic E-state index is 2.59. The highest BCUT2D eigenvalue weighted by atomic mass is 15.2. The van der Waals surface area contributed by atoms with Gasteiger partial charge in [0.2, 0.25) is 0 Å². The molecule has 1 aromatic rings. The molecule has 0 spiro atoms. The molecule has 1 aliphatic rings. The molecule has 17 heavy (non-hydrogen) atoms. The Bertz CT molecular complexity index is 292. The topological polar surface area (TPSA) is 3.24 Å². The van der Waals surface area contributed by atoms with Crippen LogP contribution in [0.2, 0.25) is 0 Å². The number of hydrogen-bond acceptors (Lipinski definition) is 1. The molecule has 1 unspecified atom stereocenters. The van der Waals surface area contributed by atoms with Crippen LogP contribution in [0.4, 0.5) is 0 Å². The number of nitrogens with zero attached hydrogens (tertiary/aromatic N) is 1. The van der Waals surface area contributed by atoms with Crippen molar-refractivity contribution in [3.63, 3.8) is 0 Å². The first-order valence-corrected chi connectivity index (χ1v) is 7.03. The van der Waals surface area contributed by atoms with Crippen molar-refractivity contribution in [1.29, 1.82) is 0 Å². The minimum atomic E-state index is 0.714. The normalized spacial score (nSPS) is 20.2. The zero-order valence-corrected chi connectivity index (χ0v) is 11.8. The third-order valence-electron chi connectivity index (χ3n) is 3.41. The van der Waals surface area contributed by atoms with Crippen LogP contribution < -0.4 is 0 Å². The standard InChI is InChI=1S/C14H21N.C2H6/c1-12(2)15-9-8-14(11-15)10-13-6-4-3-5-7-13;1-2/h3-7,12,14H,8-11H2,1-2H3;1-2H3. The molecule has 0 amide bonds. The highest BCUT2D eigenvalue weighted by molar-refractivity contribution is 5.15. The van der Waals surface area contributed by atoms with E-state index < -0.39 is 0 Å². The van der Waals surface area contributed by atoms with Gasteiger partial charge in [-0.3, -0.25) is 0 Å². The van der Waals surface area contributed by atoms with Gasteiger partial charge in [0.1, 0.15) is 0 Å². The predicted octanol–water partition coefficient (Wildman–Crippen LogP) is 3.99. The van der Waals surface area contributed by atoms with Gasteiger partial charge in [-0.15, -0.1) is 0 Å². The second kappa shape index (κ2) is 7.50. The summed E-state index contributed by atoms with van der Waals surface area (Å²) in [5.41, 5.74) is 1.49. The van der Waals surface area contributed by atoms with E-state index in [1.54, 1.807) is 0 Å². The Kier molecular flexibility index (Phi) is 6.28. The second-order valence-corrected chi connectivity index (χ2v) is 4.93. The van der Waals surface area contributed by atoms with Gasteiger partial charge in [-0.1, -0.05) is 44.2 Å². The van der Waals surface area contributed by atoms with Crippen LogP contribution in [0.3, 0.4) is 0 Å². The van der Waals surface area contributed by atoms with Crippen molar-refractivity contribution in [2.24, 2.45) is 5.92 Å². The molecule has 1 atom stereocenters. The average molecular weight is 233 g/mol. The van der Waals surface area contributed by atoms with Gasteiger partial charge in [0.15, 0.2) is 0 Å². The molecule has 0 aromatic heterocycles. The largest absolute Gasteiger partial charge is 0.301 e. The van der Waals surface area contributed by atoms with Crippen molar-refractivity contribution in [3.8, 4) is 0 Å². The molecule has 96 valence electrons. The summed E-state index contributed by atoms with van der Waals surface area (Å²) >= 11 is 0. The Morgan fingerprint density at radius 2 is 1.82 bits per heavy atom. The van der Waals surface area contributed by atoms with E-state index >= 15 is 0 Å². The number of likely N-dealkylation sites (tertiary alicyclic amines) is 1. The Hall–Kier alpha value is -0.820. The van der Waals surface area contributed by atoms with Crippen molar-refractivity contribution >= 4 is 0 Å². The van der Waals surface area contributed by atoms with E-state index in [0.29, 0.717) is 6.04 Å². The fourth-order valence-corrected chi connectivity index (χ4v) is 2.45. The van der Waals surface area contributed by atoms with Crippen LogP contribution in [0, 0.1) is 5.92 Å². The van der Waals surface area contributed by atoms with Gasteiger partial charge < -0.3 is 4.90 Å². The van der Waals surface area contributed by atoms with E-state index in [-0.39, 0.29) is 0 Å². The summed E-state index contributed by atoms with van der Waals surface area (Å²) in [6.07, 6.45) is 2.62. The summed E-state index contributed by atoms with van der Waals surface area (Å²) in [6, 6.07) is 11.6. The molecule has 0 radical (unpaired) electrons. The monoisotopic (exact) mass is 233 g/mol. The van der Waals surface area contributed by atoms with Crippen LogP contribution >= 0.6 is 0 Å². The molecule has 1 saturated heterocycles. The lowest BCUT2D eigenvalue weighted by Gasteiger charge is -2.20. The molecule has 1 heterocycles. The molecular formula is C16H27N. The van der Waals surface area contributed by atoms with Gasteiger partial charge in [0.05, 0.1) is 0 Å². The van der Waals surface area contributed by atoms with E-state index in [0.717, 1.165) is 5.92 Å². The zero-order chi connectivity index (χ0) is 12.7. The number of hydrogen-bond donors (Lipinski definition) is 0. The molecule has 0 N–H and O–H groups in total. The van der Waals surface area contributed by atoms with Crippen molar-refractivity contribution in [3.05, 3.63) is 35.9 Å². The summed E-state index contributed by atoms with van der Waals surface area (Å²) in [5.74, 6) is 0.870. The van der Waals surface area contributed by atoms with E-state index in [9.17, 15) is 0 Å². The van der Waals surface area contributed by atoms with Crippen LogP contribution in [0.25, 0.3) is 0 Å². The van der Waals surface area contributed by atoms with Crippen LogP contribution in [-0.4, -0.2) is 24.0 Å². The van der Waals surface area contributed by atoms with Crippen molar-refractivity contribution < 1.29 is 0 Å². The number of benzene rings is 1. The third kappa shape index (κ3) is 4.51. The Labute approximate surface area is 107 Å². The maximum Gasteiger partial charge on any atom is 0.00387 e. The first-order chi connectivity index (χ1) is 8.25. The summed E-state index contributed by atoms with van der Waals surface area (Å²) < 4.78 is 0. The molecule has 1 aliphatic heterocycles. The van der Waals surface area contributed by atoms with Gasteiger partial charge >= 0.3 is 0 Å². The summed E-state index contributed by atoms with van der Waals surface area (Å²) in [5, 5.41) is 0. The summed E-state index contributed by atoms with van der Waals surface area (Å²) in [4.78, 5) is 2.59. The minimum Gasteiger partial charge on any atom is -0.301 e. The summed E-state index contributed by atoms with van der Waals surface area (Å²) in [7, 11) is 0.